The predicted octanol–water partition coefficient (Wildman–Crippen LogP) is 12.0. The van der Waals surface area contributed by atoms with Crippen molar-refractivity contribution in [2.24, 2.45) is 0 Å². The predicted molar refractivity (Wildman–Crippen MR) is 222 cm³/mol. The third-order valence-electron chi connectivity index (χ3n) is 10.7. The zero-order valence-corrected chi connectivity index (χ0v) is 29.9. The van der Waals surface area contributed by atoms with E-state index in [9.17, 15) is 0 Å². The van der Waals surface area contributed by atoms with Crippen molar-refractivity contribution in [3.63, 3.8) is 0 Å². The molecule has 1 aliphatic carbocycles. The van der Waals surface area contributed by atoms with Crippen molar-refractivity contribution in [3.8, 4) is 67.5 Å². The Labute approximate surface area is 320 Å². The molecule has 0 saturated carbocycles. The van der Waals surface area contributed by atoms with Crippen LogP contribution >= 0.6 is 0 Å². The summed E-state index contributed by atoms with van der Waals surface area (Å²) in [6, 6.07) is 68.8. The van der Waals surface area contributed by atoms with Gasteiger partial charge in [-0.3, -0.25) is 4.98 Å². The molecule has 10 rings (SSSR count). The van der Waals surface area contributed by atoms with E-state index in [1.807, 2.05) is 18.2 Å². The SMILES string of the molecule is c1ccc(-c2cccc(-c3nc(-c4ccc(-c5cccc6c5-c5ccccc5C6(c5ccccc5)c5ccccc5)cc4)nc(-c4cccnc4)n3)c2)cc1. The Bertz CT molecular complexity index is 2740. The van der Waals surface area contributed by atoms with Crippen LogP contribution in [0, 0.1) is 0 Å². The molecule has 4 nitrogen and oxygen atoms in total. The van der Waals surface area contributed by atoms with Crippen molar-refractivity contribution in [1.29, 1.82) is 0 Å². The lowest BCUT2D eigenvalue weighted by molar-refractivity contribution is 0.768. The summed E-state index contributed by atoms with van der Waals surface area (Å²) in [7, 11) is 0. The molecule has 0 radical (unpaired) electrons. The van der Waals surface area contributed by atoms with E-state index in [2.05, 4.69) is 181 Å². The maximum atomic E-state index is 5.07. The Balaban J connectivity index is 1.10. The highest BCUT2D eigenvalue weighted by molar-refractivity contribution is 5.95. The molecule has 2 heterocycles. The molecule has 9 aromatic rings. The first kappa shape index (κ1) is 32.4. The van der Waals surface area contributed by atoms with Crippen LogP contribution in [0.2, 0.25) is 0 Å². The van der Waals surface area contributed by atoms with Gasteiger partial charge in [0.2, 0.25) is 0 Å². The van der Waals surface area contributed by atoms with Gasteiger partial charge in [-0.2, -0.15) is 0 Å². The van der Waals surface area contributed by atoms with E-state index in [0.29, 0.717) is 17.5 Å². The molecule has 258 valence electrons. The molecule has 0 atom stereocenters. The lowest BCUT2D eigenvalue weighted by Crippen LogP contribution is -2.28. The quantitative estimate of drug-likeness (QED) is 0.166. The number of fused-ring (bicyclic) bond motifs is 3. The number of hydrogen-bond acceptors (Lipinski definition) is 4. The minimum absolute atomic E-state index is 0.452. The molecule has 0 saturated heterocycles. The number of nitrogens with zero attached hydrogens (tertiary/aromatic N) is 4. The number of benzene rings is 7. The van der Waals surface area contributed by atoms with E-state index in [4.69, 9.17) is 15.0 Å². The largest absolute Gasteiger partial charge is 0.264 e. The molecular weight excluding hydrogens is 669 g/mol. The van der Waals surface area contributed by atoms with Crippen molar-refractivity contribution >= 4 is 0 Å². The first-order valence-corrected chi connectivity index (χ1v) is 18.5. The second-order valence-electron chi connectivity index (χ2n) is 13.8. The second kappa shape index (κ2) is 13.6. The molecule has 0 bridgehead atoms. The smallest absolute Gasteiger partial charge is 0.165 e. The fraction of sp³-hybridized carbons (Fsp3) is 0.0196. The molecule has 2 aromatic heterocycles. The molecular formula is C51H34N4. The van der Waals surface area contributed by atoms with E-state index < -0.39 is 5.41 Å². The lowest BCUT2D eigenvalue weighted by atomic mass is 9.67. The molecule has 1 aliphatic rings. The van der Waals surface area contributed by atoms with Crippen molar-refractivity contribution in [3.05, 3.63) is 229 Å². The van der Waals surface area contributed by atoms with Crippen LogP contribution in [0.25, 0.3) is 67.5 Å². The Morgan fingerprint density at radius 2 is 0.836 bits per heavy atom. The zero-order valence-electron chi connectivity index (χ0n) is 29.9. The summed E-state index contributed by atoms with van der Waals surface area (Å²) in [6.45, 7) is 0. The van der Waals surface area contributed by atoms with Crippen LogP contribution in [-0.4, -0.2) is 19.9 Å². The topological polar surface area (TPSA) is 51.6 Å². The van der Waals surface area contributed by atoms with E-state index in [1.165, 1.54) is 38.9 Å². The van der Waals surface area contributed by atoms with Crippen LogP contribution in [0.5, 0.6) is 0 Å². The van der Waals surface area contributed by atoms with Gasteiger partial charge in [0, 0.05) is 29.1 Å². The van der Waals surface area contributed by atoms with Crippen molar-refractivity contribution in [1.82, 2.24) is 19.9 Å². The zero-order chi connectivity index (χ0) is 36.6. The van der Waals surface area contributed by atoms with Gasteiger partial charge in [0.15, 0.2) is 17.5 Å². The standard InChI is InChI=1S/C51H34N4/c1-4-15-35(16-5-1)38-17-12-18-39(33-38)49-53-48(54-50(55-49)40-19-14-32-52-34-40)37-30-28-36(29-31-37)43-25-13-27-46-47(43)44-24-10-11-26-45(44)51(46,41-20-6-2-7-21-41)42-22-8-3-9-23-42/h1-34H. The van der Waals surface area contributed by atoms with Crippen LogP contribution in [0.15, 0.2) is 207 Å². The third kappa shape index (κ3) is 5.55. The average molecular weight is 703 g/mol. The Morgan fingerprint density at radius 3 is 1.53 bits per heavy atom. The van der Waals surface area contributed by atoms with Crippen LogP contribution in [0.1, 0.15) is 22.3 Å². The van der Waals surface area contributed by atoms with Gasteiger partial charge in [-0.15, -0.1) is 0 Å². The third-order valence-corrected chi connectivity index (χ3v) is 10.7. The van der Waals surface area contributed by atoms with Crippen LogP contribution < -0.4 is 0 Å². The minimum atomic E-state index is -0.452. The average Bonchev–Trinajstić information content (AvgIpc) is 3.59. The van der Waals surface area contributed by atoms with Crippen LogP contribution in [-0.2, 0) is 5.41 Å². The molecule has 7 aromatic carbocycles. The van der Waals surface area contributed by atoms with E-state index in [1.54, 1.807) is 12.4 Å². The molecule has 0 fully saturated rings. The molecule has 0 unspecified atom stereocenters. The highest BCUT2D eigenvalue weighted by atomic mass is 15.0. The number of pyridine rings is 1. The van der Waals surface area contributed by atoms with Gasteiger partial charge in [0.25, 0.3) is 0 Å². The minimum Gasteiger partial charge on any atom is -0.264 e. The van der Waals surface area contributed by atoms with Crippen LogP contribution in [0.3, 0.4) is 0 Å². The number of aromatic nitrogens is 4. The van der Waals surface area contributed by atoms with Gasteiger partial charge in [0.1, 0.15) is 0 Å². The highest BCUT2D eigenvalue weighted by Gasteiger charge is 2.46. The Hall–Kier alpha value is -7.30. The number of hydrogen-bond donors (Lipinski definition) is 0. The molecule has 0 N–H and O–H groups in total. The number of rotatable bonds is 7. The summed E-state index contributed by atoms with van der Waals surface area (Å²) < 4.78 is 0. The lowest BCUT2D eigenvalue weighted by Gasteiger charge is -2.34. The molecule has 55 heavy (non-hydrogen) atoms. The summed E-state index contributed by atoms with van der Waals surface area (Å²) in [5.74, 6) is 1.80. The van der Waals surface area contributed by atoms with Gasteiger partial charge in [-0.1, -0.05) is 176 Å². The maximum absolute atomic E-state index is 5.07. The summed E-state index contributed by atoms with van der Waals surface area (Å²) in [5.41, 5.74) is 14.4. The van der Waals surface area contributed by atoms with E-state index in [-0.39, 0.29) is 0 Å². The summed E-state index contributed by atoms with van der Waals surface area (Å²) in [5, 5.41) is 0. The van der Waals surface area contributed by atoms with Crippen molar-refractivity contribution in [2.75, 3.05) is 0 Å². The second-order valence-corrected chi connectivity index (χ2v) is 13.8. The molecule has 0 spiro atoms. The van der Waals surface area contributed by atoms with Crippen LogP contribution in [0.4, 0.5) is 0 Å². The van der Waals surface area contributed by atoms with E-state index >= 15 is 0 Å². The van der Waals surface area contributed by atoms with Crippen molar-refractivity contribution in [2.45, 2.75) is 5.41 Å². The Kier molecular flexibility index (Phi) is 8.00. The normalized spacial score (nSPS) is 12.5. The monoisotopic (exact) mass is 702 g/mol. The summed E-state index contributed by atoms with van der Waals surface area (Å²) in [4.78, 5) is 19.4. The summed E-state index contributed by atoms with van der Waals surface area (Å²) >= 11 is 0. The van der Waals surface area contributed by atoms with Gasteiger partial charge in [0.05, 0.1) is 5.41 Å². The van der Waals surface area contributed by atoms with Crippen molar-refractivity contribution < 1.29 is 0 Å². The summed E-state index contributed by atoms with van der Waals surface area (Å²) in [6.07, 6.45) is 3.56. The van der Waals surface area contributed by atoms with Gasteiger partial charge < -0.3 is 0 Å². The molecule has 0 amide bonds. The molecule has 4 heteroatoms. The van der Waals surface area contributed by atoms with Gasteiger partial charge in [-0.25, -0.2) is 15.0 Å². The first-order valence-electron chi connectivity index (χ1n) is 18.5. The molecule has 0 aliphatic heterocycles. The van der Waals surface area contributed by atoms with Gasteiger partial charge >= 0.3 is 0 Å². The Morgan fingerprint density at radius 1 is 0.327 bits per heavy atom. The fourth-order valence-corrected chi connectivity index (χ4v) is 8.26. The fourth-order valence-electron chi connectivity index (χ4n) is 8.26. The first-order chi connectivity index (χ1) is 27.3. The highest BCUT2D eigenvalue weighted by Crippen LogP contribution is 2.58. The maximum Gasteiger partial charge on any atom is 0.165 e. The van der Waals surface area contributed by atoms with Gasteiger partial charge in [-0.05, 0) is 73.8 Å². The van der Waals surface area contributed by atoms with E-state index in [0.717, 1.165) is 33.4 Å².